The van der Waals surface area contributed by atoms with E-state index in [1.54, 1.807) is 14.2 Å². The number of likely N-dealkylation sites (tertiary alicyclic amines) is 1. The Morgan fingerprint density at radius 2 is 1.93 bits per heavy atom. The summed E-state index contributed by atoms with van der Waals surface area (Å²) in [5.74, 6) is 2.61. The van der Waals surface area contributed by atoms with Crippen molar-refractivity contribution in [2.45, 2.75) is 32.2 Å². The molecule has 3 rings (SSSR count). The molecule has 7 nitrogen and oxygen atoms in total. The minimum atomic E-state index is 0. The van der Waals surface area contributed by atoms with E-state index >= 15 is 0 Å². The summed E-state index contributed by atoms with van der Waals surface area (Å²) in [4.78, 5) is 9.89. The summed E-state index contributed by atoms with van der Waals surface area (Å²) in [5.41, 5.74) is 1.25. The van der Waals surface area contributed by atoms with E-state index in [1.165, 1.54) is 12.0 Å². The van der Waals surface area contributed by atoms with Crippen molar-refractivity contribution in [3.05, 3.63) is 23.8 Å². The fourth-order valence-corrected chi connectivity index (χ4v) is 4.10. The fourth-order valence-electron chi connectivity index (χ4n) is 4.10. The van der Waals surface area contributed by atoms with E-state index in [0.29, 0.717) is 6.04 Å². The number of benzene rings is 1. The maximum absolute atomic E-state index is 5.50. The zero-order valence-electron chi connectivity index (χ0n) is 18.6. The Labute approximate surface area is 198 Å². The number of guanidine groups is 1. The highest BCUT2D eigenvalue weighted by molar-refractivity contribution is 14.0. The van der Waals surface area contributed by atoms with E-state index < -0.39 is 0 Å². The quantitative estimate of drug-likeness (QED) is 0.241. The molecule has 30 heavy (non-hydrogen) atoms. The average molecular weight is 532 g/mol. The maximum atomic E-state index is 5.50. The number of halogens is 1. The number of aliphatic imine (C=N–C) groups is 1. The van der Waals surface area contributed by atoms with Crippen LogP contribution in [-0.4, -0.2) is 88.5 Å². The Kier molecular flexibility index (Phi) is 11.0. The minimum absolute atomic E-state index is 0. The predicted molar refractivity (Wildman–Crippen MR) is 132 cm³/mol. The Balaban J connectivity index is 0.00000320. The van der Waals surface area contributed by atoms with Crippen molar-refractivity contribution >= 4 is 29.9 Å². The summed E-state index contributed by atoms with van der Waals surface area (Å²) in [6.07, 6.45) is 3.18. The first-order valence-electron chi connectivity index (χ1n) is 10.8. The molecule has 0 aliphatic carbocycles. The molecule has 8 heteroatoms. The maximum Gasteiger partial charge on any atom is 0.193 e. The van der Waals surface area contributed by atoms with Crippen molar-refractivity contribution in [2.24, 2.45) is 4.99 Å². The first-order valence-corrected chi connectivity index (χ1v) is 10.8. The standard InChI is InChI=1S/C22H36N4O3.HI/c1-4-23-22(26-11-9-19(17-26)25-12-14-29-15-13-25)24-10-5-6-18-7-8-20(27-2)21(16-18)28-3;/h7-8,16,19H,4-6,9-15,17H2,1-3H3,(H,23,24);1H. The number of hydrogen-bond donors (Lipinski definition) is 1. The van der Waals surface area contributed by atoms with Crippen LogP contribution in [0.4, 0.5) is 0 Å². The van der Waals surface area contributed by atoms with Crippen LogP contribution in [0.2, 0.25) is 0 Å². The lowest BCUT2D eigenvalue weighted by molar-refractivity contribution is 0.0195. The van der Waals surface area contributed by atoms with Crippen LogP contribution in [0.15, 0.2) is 23.2 Å². The summed E-state index contributed by atoms with van der Waals surface area (Å²) in [6.45, 7) is 9.80. The van der Waals surface area contributed by atoms with Gasteiger partial charge >= 0.3 is 0 Å². The first-order chi connectivity index (χ1) is 14.2. The van der Waals surface area contributed by atoms with Gasteiger partial charge in [0.25, 0.3) is 0 Å². The second kappa shape index (κ2) is 13.2. The van der Waals surface area contributed by atoms with Crippen LogP contribution in [0.1, 0.15) is 25.3 Å². The minimum Gasteiger partial charge on any atom is -0.493 e. The Hall–Kier alpha value is -1.26. The summed E-state index contributed by atoms with van der Waals surface area (Å²) in [7, 11) is 3.34. The summed E-state index contributed by atoms with van der Waals surface area (Å²) in [6, 6.07) is 6.75. The molecule has 0 saturated carbocycles. The smallest absolute Gasteiger partial charge is 0.193 e. The highest BCUT2D eigenvalue weighted by Crippen LogP contribution is 2.28. The number of morpholine rings is 1. The van der Waals surface area contributed by atoms with Gasteiger partial charge in [0.15, 0.2) is 17.5 Å². The lowest BCUT2D eigenvalue weighted by Crippen LogP contribution is -2.46. The normalized spacial score (nSPS) is 20.0. The fraction of sp³-hybridized carbons (Fsp3) is 0.682. The van der Waals surface area contributed by atoms with Gasteiger partial charge in [-0.1, -0.05) is 6.07 Å². The zero-order chi connectivity index (χ0) is 20.5. The molecule has 2 aliphatic heterocycles. The highest BCUT2D eigenvalue weighted by Gasteiger charge is 2.30. The van der Waals surface area contributed by atoms with Crippen molar-refractivity contribution in [1.29, 1.82) is 0 Å². The number of rotatable bonds is 8. The van der Waals surface area contributed by atoms with Gasteiger partial charge < -0.3 is 24.4 Å². The number of aryl methyl sites for hydroxylation is 1. The van der Waals surface area contributed by atoms with Gasteiger partial charge in [0.2, 0.25) is 0 Å². The van der Waals surface area contributed by atoms with Crippen LogP contribution in [0, 0.1) is 0 Å². The molecule has 170 valence electrons. The molecule has 0 spiro atoms. The van der Waals surface area contributed by atoms with Crippen molar-refractivity contribution in [3.63, 3.8) is 0 Å². The van der Waals surface area contributed by atoms with Crippen LogP contribution >= 0.6 is 24.0 Å². The van der Waals surface area contributed by atoms with E-state index in [1.807, 2.05) is 6.07 Å². The van der Waals surface area contributed by atoms with Gasteiger partial charge in [-0.3, -0.25) is 9.89 Å². The lowest BCUT2D eigenvalue weighted by atomic mass is 10.1. The molecule has 1 aromatic carbocycles. The highest BCUT2D eigenvalue weighted by atomic mass is 127. The SMILES string of the molecule is CCNC(=NCCCc1ccc(OC)c(OC)c1)N1CCC(N2CCOCC2)C1.I. The molecule has 2 aliphatic rings. The average Bonchev–Trinajstić information content (AvgIpc) is 3.26. The predicted octanol–water partition coefficient (Wildman–Crippen LogP) is 2.63. The van der Waals surface area contributed by atoms with Crippen molar-refractivity contribution in [2.75, 3.05) is 66.7 Å². The van der Waals surface area contributed by atoms with Crippen LogP contribution in [-0.2, 0) is 11.2 Å². The topological polar surface area (TPSA) is 58.6 Å². The molecule has 2 heterocycles. The van der Waals surface area contributed by atoms with Crippen molar-refractivity contribution in [3.8, 4) is 11.5 Å². The van der Waals surface area contributed by atoms with E-state index in [4.69, 9.17) is 19.2 Å². The largest absolute Gasteiger partial charge is 0.493 e. The summed E-state index contributed by atoms with van der Waals surface area (Å²) in [5, 5.41) is 3.48. The molecule has 1 atom stereocenters. The van der Waals surface area contributed by atoms with Gasteiger partial charge in [0, 0.05) is 45.3 Å². The number of methoxy groups -OCH3 is 2. The Morgan fingerprint density at radius 3 is 2.63 bits per heavy atom. The molecule has 0 aromatic heterocycles. The van der Waals surface area contributed by atoms with Crippen molar-refractivity contribution < 1.29 is 14.2 Å². The monoisotopic (exact) mass is 532 g/mol. The Morgan fingerprint density at radius 1 is 1.17 bits per heavy atom. The molecule has 0 bridgehead atoms. The van der Waals surface area contributed by atoms with E-state index in [0.717, 1.165) is 82.8 Å². The third-order valence-electron chi connectivity index (χ3n) is 5.69. The van der Waals surface area contributed by atoms with Crippen LogP contribution in [0.5, 0.6) is 11.5 Å². The van der Waals surface area contributed by atoms with Crippen LogP contribution in [0.3, 0.4) is 0 Å². The van der Waals surface area contributed by atoms with Gasteiger partial charge in [0.05, 0.1) is 27.4 Å². The molecule has 2 fully saturated rings. The van der Waals surface area contributed by atoms with Gasteiger partial charge in [-0.2, -0.15) is 0 Å². The van der Waals surface area contributed by atoms with E-state index in [2.05, 4.69) is 34.2 Å². The van der Waals surface area contributed by atoms with Gasteiger partial charge in [-0.25, -0.2) is 0 Å². The molecule has 1 N–H and O–H groups in total. The molecular formula is C22H37IN4O3. The van der Waals surface area contributed by atoms with Gasteiger partial charge in [0.1, 0.15) is 0 Å². The number of nitrogens with one attached hydrogen (secondary N) is 1. The number of ether oxygens (including phenoxy) is 3. The third-order valence-corrected chi connectivity index (χ3v) is 5.69. The van der Waals surface area contributed by atoms with E-state index in [-0.39, 0.29) is 24.0 Å². The summed E-state index contributed by atoms with van der Waals surface area (Å²) >= 11 is 0. The first kappa shape index (κ1) is 25.0. The van der Waals surface area contributed by atoms with E-state index in [9.17, 15) is 0 Å². The molecule has 0 radical (unpaired) electrons. The molecule has 1 unspecified atom stereocenters. The lowest BCUT2D eigenvalue weighted by Gasteiger charge is -2.32. The van der Waals surface area contributed by atoms with Crippen LogP contribution < -0.4 is 14.8 Å². The molecule has 0 amide bonds. The second-order valence-electron chi connectivity index (χ2n) is 7.57. The molecule has 1 aromatic rings. The Bertz CT molecular complexity index is 668. The molecule has 2 saturated heterocycles. The van der Waals surface area contributed by atoms with Gasteiger partial charge in [-0.15, -0.1) is 24.0 Å². The molecular weight excluding hydrogens is 495 g/mol. The second-order valence-corrected chi connectivity index (χ2v) is 7.57. The zero-order valence-corrected chi connectivity index (χ0v) is 20.9. The summed E-state index contributed by atoms with van der Waals surface area (Å²) < 4.78 is 16.2. The van der Waals surface area contributed by atoms with Gasteiger partial charge in [-0.05, 0) is 43.9 Å². The number of hydrogen-bond acceptors (Lipinski definition) is 5. The van der Waals surface area contributed by atoms with Crippen LogP contribution in [0.25, 0.3) is 0 Å². The third kappa shape index (κ3) is 6.88. The number of nitrogens with zero attached hydrogens (tertiary/aromatic N) is 3. The van der Waals surface area contributed by atoms with Crippen molar-refractivity contribution in [1.82, 2.24) is 15.1 Å².